The second-order valence-electron chi connectivity index (χ2n) is 9.47. The summed E-state index contributed by atoms with van der Waals surface area (Å²) in [5, 5.41) is 9.47. The molecule has 0 aliphatic carbocycles. The van der Waals surface area contributed by atoms with Gasteiger partial charge >= 0.3 is 5.97 Å². The Bertz CT molecular complexity index is 1240. The van der Waals surface area contributed by atoms with Gasteiger partial charge in [0.2, 0.25) is 0 Å². The van der Waals surface area contributed by atoms with Crippen molar-refractivity contribution in [1.82, 2.24) is 4.67 Å². The van der Waals surface area contributed by atoms with Crippen molar-refractivity contribution < 1.29 is 18.7 Å². The zero-order valence-corrected chi connectivity index (χ0v) is 20.9. The lowest BCUT2D eigenvalue weighted by Crippen LogP contribution is -2.49. The first-order valence-electron chi connectivity index (χ1n) is 11.4. The molecule has 2 aromatic carbocycles. The van der Waals surface area contributed by atoms with E-state index in [4.69, 9.17) is 9.16 Å². The molecule has 34 heavy (non-hydrogen) atoms. The number of carboxylic acid groups (broad SMARTS) is 1. The molecule has 1 aliphatic heterocycles. The molecule has 1 aromatic heterocycles. The molecule has 0 saturated carbocycles. The second-order valence-corrected chi connectivity index (χ2v) is 13.2. The van der Waals surface area contributed by atoms with Gasteiger partial charge < -0.3 is 14.4 Å². The third-order valence-electron chi connectivity index (χ3n) is 6.21. The molecule has 1 aliphatic rings. The van der Waals surface area contributed by atoms with Crippen LogP contribution in [0.1, 0.15) is 36.9 Å². The monoisotopic (exact) mass is 483 g/mol. The van der Waals surface area contributed by atoms with E-state index in [0.29, 0.717) is 37.6 Å². The maximum Gasteiger partial charge on any atom is 0.337 e. The summed E-state index contributed by atoms with van der Waals surface area (Å²) >= 11 is 0. The molecule has 1 saturated heterocycles. The fraction of sp³-hybridized carbons (Fsp3) is 0.346. The van der Waals surface area contributed by atoms with Crippen LogP contribution in [-0.2, 0) is 0 Å². The second kappa shape index (κ2) is 9.40. The number of rotatable bonds is 5. The standard InChI is InChI=1S/C26H31FN3O3P/c1-19-13-14-24(33-19)34(26(2,3)4,28-22-11-7-5-9-20(22)25(31)32)30-17-15-29(16-18-30)23-12-8-6-10-21(23)27/h5-14H,15-18H2,1-4H3,(H,31,32)/t34-/m0/s1. The first kappa shape index (κ1) is 24.2. The average Bonchev–Trinajstić information content (AvgIpc) is 3.23. The van der Waals surface area contributed by atoms with Crippen LogP contribution in [0, 0.1) is 12.7 Å². The van der Waals surface area contributed by atoms with Crippen LogP contribution in [0.15, 0.2) is 69.8 Å². The average molecular weight is 484 g/mol. The number of halogens is 1. The Morgan fingerprint density at radius 2 is 1.65 bits per heavy atom. The normalized spacial score (nSPS) is 16.8. The fourth-order valence-corrected chi connectivity index (χ4v) is 8.69. The third kappa shape index (κ3) is 4.42. The van der Waals surface area contributed by atoms with Gasteiger partial charge in [-0.05, 0) is 43.3 Å². The number of carboxylic acids is 1. The van der Waals surface area contributed by atoms with Gasteiger partial charge in [0.15, 0.2) is 5.50 Å². The molecule has 0 radical (unpaired) electrons. The number of anilines is 1. The fourth-order valence-electron chi connectivity index (χ4n) is 4.58. The van der Waals surface area contributed by atoms with Crippen molar-refractivity contribution in [1.29, 1.82) is 0 Å². The van der Waals surface area contributed by atoms with Gasteiger partial charge in [-0.25, -0.2) is 13.9 Å². The molecule has 0 amide bonds. The molecule has 180 valence electrons. The molecule has 0 bridgehead atoms. The molecule has 0 spiro atoms. The molecule has 8 heteroatoms. The number of para-hydroxylation sites is 1. The zero-order chi connectivity index (χ0) is 24.5. The van der Waals surface area contributed by atoms with Crippen molar-refractivity contribution in [3.8, 4) is 0 Å². The van der Waals surface area contributed by atoms with Crippen molar-refractivity contribution >= 4 is 30.1 Å². The number of aryl methyl sites for hydroxylation is 1. The largest absolute Gasteiger partial charge is 0.478 e. The van der Waals surface area contributed by atoms with Gasteiger partial charge in [-0.3, -0.25) is 4.67 Å². The Hall–Kier alpha value is -2.89. The molecule has 1 fully saturated rings. The molecule has 1 atom stereocenters. The summed E-state index contributed by atoms with van der Waals surface area (Å²) in [7, 11) is -2.60. The molecule has 1 N–H and O–H groups in total. The van der Waals surface area contributed by atoms with Gasteiger partial charge in [0.05, 0.1) is 16.9 Å². The van der Waals surface area contributed by atoms with Crippen molar-refractivity contribution in [3.05, 3.63) is 77.8 Å². The van der Waals surface area contributed by atoms with E-state index in [-0.39, 0.29) is 16.5 Å². The number of carbonyl (C=O) groups is 1. The minimum absolute atomic E-state index is 0.171. The van der Waals surface area contributed by atoms with Crippen LogP contribution < -0.4 is 10.4 Å². The van der Waals surface area contributed by atoms with E-state index >= 15 is 0 Å². The molecule has 0 unspecified atom stereocenters. The van der Waals surface area contributed by atoms with Crippen molar-refractivity contribution in [2.24, 2.45) is 4.74 Å². The maximum absolute atomic E-state index is 14.4. The number of piperazine rings is 1. The summed E-state index contributed by atoms with van der Waals surface area (Å²) in [6.07, 6.45) is 0. The Kier molecular flexibility index (Phi) is 6.70. The quantitative estimate of drug-likeness (QED) is 0.443. The van der Waals surface area contributed by atoms with Crippen LogP contribution >= 0.6 is 7.21 Å². The number of nitrogens with zero attached hydrogens (tertiary/aromatic N) is 3. The summed E-state index contributed by atoms with van der Waals surface area (Å²) in [6.45, 7) is 10.9. The summed E-state index contributed by atoms with van der Waals surface area (Å²) < 4.78 is 28.3. The van der Waals surface area contributed by atoms with Crippen LogP contribution in [0.5, 0.6) is 0 Å². The molecule has 4 rings (SSSR count). The van der Waals surface area contributed by atoms with E-state index < -0.39 is 13.2 Å². The highest BCUT2D eigenvalue weighted by molar-refractivity contribution is 7.72. The van der Waals surface area contributed by atoms with E-state index in [9.17, 15) is 14.3 Å². The number of hydrogen-bond acceptors (Lipinski definition) is 4. The van der Waals surface area contributed by atoms with E-state index in [1.807, 2.05) is 31.2 Å². The molecule has 3 aromatic rings. The molecular weight excluding hydrogens is 452 g/mol. The van der Waals surface area contributed by atoms with Crippen LogP contribution in [0.3, 0.4) is 0 Å². The van der Waals surface area contributed by atoms with E-state index in [1.165, 1.54) is 6.07 Å². The summed E-state index contributed by atoms with van der Waals surface area (Å²) in [6, 6.07) is 17.6. The lowest BCUT2D eigenvalue weighted by atomic mass is 10.2. The number of aromatic carboxylic acids is 1. The summed E-state index contributed by atoms with van der Waals surface area (Å²) in [5.74, 6) is -0.448. The molecular formula is C26H31FN3O3P. The summed E-state index contributed by atoms with van der Waals surface area (Å²) in [5.41, 5.74) is 1.99. The number of benzene rings is 2. The zero-order valence-electron chi connectivity index (χ0n) is 20.0. The van der Waals surface area contributed by atoms with Gasteiger partial charge in [0.1, 0.15) is 18.8 Å². The highest BCUT2D eigenvalue weighted by Gasteiger charge is 2.45. The first-order chi connectivity index (χ1) is 16.1. The van der Waals surface area contributed by atoms with Crippen LogP contribution in [0.25, 0.3) is 0 Å². The minimum atomic E-state index is -2.60. The van der Waals surface area contributed by atoms with Crippen molar-refractivity contribution in [2.75, 3.05) is 31.1 Å². The van der Waals surface area contributed by atoms with Gasteiger partial charge in [-0.2, -0.15) is 0 Å². The van der Waals surface area contributed by atoms with Crippen molar-refractivity contribution in [3.63, 3.8) is 0 Å². The molecule has 2 heterocycles. The predicted octanol–water partition coefficient (Wildman–Crippen LogP) is 6.12. The molecule has 6 nitrogen and oxygen atoms in total. The van der Waals surface area contributed by atoms with E-state index in [2.05, 4.69) is 30.3 Å². The smallest absolute Gasteiger partial charge is 0.337 e. The van der Waals surface area contributed by atoms with Gasteiger partial charge in [0.25, 0.3) is 0 Å². The minimum Gasteiger partial charge on any atom is -0.478 e. The van der Waals surface area contributed by atoms with E-state index in [0.717, 1.165) is 11.3 Å². The van der Waals surface area contributed by atoms with Gasteiger partial charge in [0, 0.05) is 31.3 Å². The Morgan fingerprint density at radius 3 is 2.24 bits per heavy atom. The van der Waals surface area contributed by atoms with E-state index in [1.54, 1.807) is 30.3 Å². The third-order valence-corrected chi connectivity index (χ3v) is 10.7. The Balaban J connectivity index is 1.84. The van der Waals surface area contributed by atoms with Gasteiger partial charge in [-0.15, -0.1) is 0 Å². The van der Waals surface area contributed by atoms with Crippen LogP contribution in [0.2, 0.25) is 0 Å². The lowest BCUT2D eigenvalue weighted by Gasteiger charge is -2.47. The first-order valence-corrected chi connectivity index (χ1v) is 13.1. The Morgan fingerprint density at radius 1 is 1.00 bits per heavy atom. The van der Waals surface area contributed by atoms with Gasteiger partial charge in [-0.1, -0.05) is 45.0 Å². The summed E-state index contributed by atoms with van der Waals surface area (Å²) in [4.78, 5) is 14.0. The lowest BCUT2D eigenvalue weighted by molar-refractivity contribution is 0.0698. The number of furan rings is 1. The highest BCUT2D eigenvalue weighted by Crippen LogP contribution is 2.64. The van der Waals surface area contributed by atoms with Crippen LogP contribution in [0.4, 0.5) is 15.8 Å². The maximum atomic E-state index is 14.4. The topological polar surface area (TPSA) is 69.3 Å². The SMILES string of the molecule is Cc1ccc([P@](=Nc2ccccc2C(=O)O)(N2CCN(c3ccccc3F)CC2)C(C)(C)C)o1. The highest BCUT2D eigenvalue weighted by atomic mass is 31.2. The van der Waals surface area contributed by atoms with Crippen LogP contribution in [-0.4, -0.2) is 47.1 Å². The number of hydrogen-bond donors (Lipinski definition) is 1. The van der Waals surface area contributed by atoms with Crippen molar-refractivity contribution in [2.45, 2.75) is 32.9 Å². The predicted molar refractivity (Wildman–Crippen MR) is 135 cm³/mol. The Labute approximate surface area is 200 Å².